The van der Waals surface area contributed by atoms with Gasteiger partial charge in [0.1, 0.15) is 11.5 Å². The van der Waals surface area contributed by atoms with Crippen LogP contribution in [0.2, 0.25) is 0 Å². The predicted molar refractivity (Wildman–Crippen MR) is 144 cm³/mol. The molecule has 2 aromatic rings. The van der Waals surface area contributed by atoms with Crippen LogP contribution in [0.15, 0.2) is 47.5 Å². The minimum absolute atomic E-state index is 0. The zero-order valence-electron chi connectivity index (χ0n) is 19.9. The molecule has 1 aliphatic rings. The van der Waals surface area contributed by atoms with E-state index in [2.05, 4.69) is 28.6 Å². The van der Waals surface area contributed by atoms with Crippen molar-refractivity contribution in [2.24, 2.45) is 4.99 Å². The molecular formula is C25H35IN4O3. The van der Waals surface area contributed by atoms with Gasteiger partial charge in [-0.2, -0.15) is 0 Å². The summed E-state index contributed by atoms with van der Waals surface area (Å²) in [6.45, 7) is 6.17. The molecular weight excluding hydrogens is 531 g/mol. The van der Waals surface area contributed by atoms with Crippen LogP contribution in [-0.2, 0) is 11.2 Å². The van der Waals surface area contributed by atoms with Gasteiger partial charge >= 0.3 is 0 Å². The highest BCUT2D eigenvalue weighted by Gasteiger charge is 2.23. The van der Waals surface area contributed by atoms with E-state index in [9.17, 15) is 4.79 Å². The fourth-order valence-electron chi connectivity index (χ4n) is 3.93. The molecule has 0 aliphatic carbocycles. The number of ether oxygens (including phenoxy) is 2. The lowest BCUT2D eigenvalue weighted by molar-refractivity contribution is -0.118. The number of halogens is 1. The second-order valence-corrected chi connectivity index (χ2v) is 7.76. The van der Waals surface area contributed by atoms with Gasteiger partial charge in [0, 0.05) is 37.3 Å². The molecule has 0 radical (unpaired) electrons. The summed E-state index contributed by atoms with van der Waals surface area (Å²) in [6.07, 6.45) is 2.11. The van der Waals surface area contributed by atoms with E-state index in [1.54, 1.807) is 14.2 Å². The lowest BCUT2D eigenvalue weighted by Crippen LogP contribution is -2.39. The Morgan fingerprint density at radius 1 is 1.18 bits per heavy atom. The van der Waals surface area contributed by atoms with Crippen LogP contribution < -0.4 is 25.0 Å². The van der Waals surface area contributed by atoms with E-state index in [4.69, 9.17) is 9.47 Å². The molecule has 8 heteroatoms. The quantitative estimate of drug-likeness (QED) is 0.205. The predicted octanol–water partition coefficient (Wildman–Crippen LogP) is 4.31. The van der Waals surface area contributed by atoms with Crippen LogP contribution in [0.1, 0.15) is 43.9 Å². The molecule has 1 atom stereocenters. The van der Waals surface area contributed by atoms with E-state index in [1.165, 1.54) is 5.56 Å². The number of anilines is 1. The zero-order valence-corrected chi connectivity index (χ0v) is 22.2. The number of benzene rings is 2. The molecule has 0 saturated heterocycles. The van der Waals surface area contributed by atoms with Gasteiger partial charge in [0.2, 0.25) is 5.91 Å². The maximum Gasteiger partial charge on any atom is 0.227 e. The first-order valence-corrected chi connectivity index (χ1v) is 11.2. The van der Waals surface area contributed by atoms with Crippen LogP contribution in [0.3, 0.4) is 0 Å². The Bertz CT molecular complexity index is 951. The molecule has 0 aromatic heterocycles. The Morgan fingerprint density at radius 3 is 2.70 bits per heavy atom. The van der Waals surface area contributed by atoms with Crippen molar-refractivity contribution in [3.05, 3.63) is 53.6 Å². The van der Waals surface area contributed by atoms with Crippen LogP contribution in [0.4, 0.5) is 5.69 Å². The SMILES string of the molecule is CCNC(=NCCCC(=O)N1CCc2ccccc21)NC(C)c1cc(OC)ccc1OC.I. The highest BCUT2D eigenvalue weighted by molar-refractivity contribution is 14.0. The van der Waals surface area contributed by atoms with Crippen LogP contribution >= 0.6 is 24.0 Å². The van der Waals surface area contributed by atoms with Crippen molar-refractivity contribution in [3.8, 4) is 11.5 Å². The van der Waals surface area contributed by atoms with E-state index in [1.807, 2.05) is 48.2 Å². The standard InChI is InChI=1S/C25H34N4O3.HI/c1-5-26-25(28-18(2)21-17-20(31-3)12-13-23(21)32-4)27-15-8-11-24(30)29-16-14-19-9-6-7-10-22(19)29;/h6-7,9-10,12-13,17-18H,5,8,11,14-16H2,1-4H3,(H2,26,27,28);1H. The summed E-state index contributed by atoms with van der Waals surface area (Å²) in [4.78, 5) is 19.3. The van der Waals surface area contributed by atoms with E-state index in [0.29, 0.717) is 25.3 Å². The third kappa shape index (κ3) is 6.99. The Morgan fingerprint density at radius 2 is 1.97 bits per heavy atom. The molecule has 0 bridgehead atoms. The summed E-state index contributed by atoms with van der Waals surface area (Å²) in [5, 5.41) is 6.70. The monoisotopic (exact) mass is 566 g/mol. The van der Waals surface area contributed by atoms with Gasteiger partial charge in [-0.3, -0.25) is 9.79 Å². The summed E-state index contributed by atoms with van der Waals surface area (Å²) in [5.74, 6) is 2.44. The van der Waals surface area contributed by atoms with Crippen molar-refractivity contribution in [2.45, 2.75) is 39.2 Å². The Balaban J connectivity index is 0.00000385. The number of guanidine groups is 1. The number of amides is 1. The highest BCUT2D eigenvalue weighted by atomic mass is 127. The van der Waals surface area contributed by atoms with Crippen molar-refractivity contribution in [1.82, 2.24) is 10.6 Å². The molecule has 1 unspecified atom stereocenters. The van der Waals surface area contributed by atoms with E-state index in [0.717, 1.165) is 42.3 Å². The molecule has 7 nitrogen and oxygen atoms in total. The van der Waals surface area contributed by atoms with Crippen molar-refractivity contribution in [3.63, 3.8) is 0 Å². The minimum atomic E-state index is -0.0411. The fourth-order valence-corrected chi connectivity index (χ4v) is 3.93. The minimum Gasteiger partial charge on any atom is -0.497 e. The van der Waals surface area contributed by atoms with Crippen LogP contribution in [0, 0.1) is 0 Å². The second-order valence-electron chi connectivity index (χ2n) is 7.76. The number of nitrogens with one attached hydrogen (secondary N) is 2. The highest BCUT2D eigenvalue weighted by Crippen LogP contribution is 2.29. The van der Waals surface area contributed by atoms with Gasteiger partial charge in [-0.05, 0) is 56.5 Å². The summed E-state index contributed by atoms with van der Waals surface area (Å²) < 4.78 is 10.9. The molecule has 1 heterocycles. The van der Waals surface area contributed by atoms with E-state index in [-0.39, 0.29) is 35.9 Å². The Hall–Kier alpha value is -2.49. The smallest absolute Gasteiger partial charge is 0.227 e. The molecule has 3 rings (SSSR count). The van der Waals surface area contributed by atoms with Crippen LogP contribution in [0.5, 0.6) is 11.5 Å². The van der Waals surface area contributed by atoms with Gasteiger partial charge in [0.25, 0.3) is 0 Å². The number of methoxy groups -OCH3 is 2. The van der Waals surface area contributed by atoms with Crippen molar-refractivity contribution in [1.29, 1.82) is 0 Å². The summed E-state index contributed by atoms with van der Waals surface area (Å²) in [5.41, 5.74) is 3.29. The fraction of sp³-hybridized carbons (Fsp3) is 0.440. The first-order valence-electron chi connectivity index (χ1n) is 11.2. The first kappa shape index (κ1) is 26.8. The molecule has 1 aliphatic heterocycles. The van der Waals surface area contributed by atoms with Crippen LogP contribution in [-0.4, -0.2) is 45.7 Å². The zero-order chi connectivity index (χ0) is 22.9. The molecule has 0 spiro atoms. The van der Waals surface area contributed by atoms with Gasteiger partial charge in [0.05, 0.1) is 20.3 Å². The summed E-state index contributed by atoms with van der Waals surface area (Å²) >= 11 is 0. The average molecular weight is 566 g/mol. The molecule has 1 amide bonds. The third-order valence-electron chi connectivity index (χ3n) is 5.61. The lowest BCUT2D eigenvalue weighted by Gasteiger charge is -2.21. The number of para-hydroxylation sites is 1. The molecule has 0 fully saturated rings. The van der Waals surface area contributed by atoms with Gasteiger partial charge in [-0.1, -0.05) is 18.2 Å². The van der Waals surface area contributed by atoms with E-state index < -0.39 is 0 Å². The average Bonchev–Trinajstić information content (AvgIpc) is 3.25. The summed E-state index contributed by atoms with van der Waals surface area (Å²) in [7, 11) is 3.31. The topological polar surface area (TPSA) is 75.2 Å². The number of carbonyl (C=O) groups is 1. The number of aliphatic imine (C=N–C) groups is 1. The molecule has 33 heavy (non-hydrogen) atoms. The molecule has 2 N–H and O–H groups in total. The largest absolute Gasteiger partial charge is 0.497 e. The lowest BCUT2D eigenvalue weighted by atomic mass is 10.1. The Kier molecular flexibility index (Phi) is 10.8. The number of nitrogens with zero attached hydrogens (tertiary/aromatic N) is 2. The first-order chi connectivity index (χ1) is 15.6. The van der Waals surface area contributed by atoms with Crippen LogP contribution in [0.25, 0.3) is 0 Å². The summed E-state index contributed by atoms with van der Waals surface area (Å²) in [6, 6.07) is 13.8. The maximum atomic E-state index is 12.7. The van der Waals surface area contributed by atoms with Gasteiger partial charge in [0.15, 0.2) is 5.96 Å². The third-order valence-corrected chi connectivity index (χ3v) is 5.61. The Labute approximate surface area is 214 Å². The normalized spacial score (nSPS) is 13.6. The second kappa shape index (κ2) is 13.3. The van der Waals surface area contributed by atoms with Gasteiger partial charge < -0.3 is 25.0 Å². The maximum absolute atomic E-state index is 12.7. The number of hydrogen-bond donors (Lipinski definition) is 2. The number of rotatable bonds is 9. The number of fused-ring (bicyclic) bond motifs is 1. The van der Waals surface area contributed by atoms with Crippen molar-refractivity contribution in [2.75, 3.05) is 38.8 Å². The van der Waals surface area contributed by atoms with Crippen molar-refractivity contribution < 1.29 is 14.3 Å². The number of carbonyl (C=O) groups excluding carboxylic acids is 1. The molecule has 0 saturated carbocycles. The van der Waals surface area contributed by atoms with Gasteiger partial charge in [-0.25, -0.2) is 0 Å². The molecule has 180 valence electrons. The van der Waals surface area contributed by atoms with Gasteiger partial charge in [-0.15, -0.1) is 24.0 Å². The van der Waals surface area contributed by atoms with Crippen molar-refractivity contribution >= 4 is 41.5 Å². The molecule has 2 aromatic carbocycles. The number of hydrogen-bond acceptors (Lipinski definition) is 4. The van der Waals surface area contributed by atoms with E-state index >= 15 is 0 Å².